The summed E-state index contributed by atoms with van der Waals surface area (Å²) in [6.45, 7) is 0. The first-order valence-corrected chi connectivity index (χ1v) is 5.65. The highest BCUT2D eigenvalue weighted by Gasteiger charge is 2.09. The Morgan fingerprint density at radius 1 is 1.26 bits per heavy atom. The van der Waals surface area contributed by atoms with E-state index < -0.39 is 5.91 Å². The Labute approximate surface area is 108 Å². The molecule has 0 fully saturated rings. The van der Waals surface area contributed by atoms with Crippen LogP contribution in [0.1, 0.15) is 10.4 Å². The molecule has 2 aromatic heterocycles. The third kappa shape index (κ3) is 1.79. The number of hydrogen-bond donors (Lipinski definition) is 2. The van der Waals surface area contributed by atoms with Crippen molar-refractivity contribution in [2.24, 2.45) is 5.73 Å². The molecule has 1 amide bonds. The summed E-state index contributed by atoms with van der Waals surface area (Å²) in [4.78, 5) is 15.4. The van der Waals surface area contributed by atoms with Crippen LogP contribution in [0.2, 0.25) is 0 Å². The van der Waals surface area contributed by atoms with Gasteiger partial charge < -0.3 is 11.5 Å². The standard InChI is InChI=1S/C13H11N5O/c14-10-3-1-2-9-11(4-5-16-12(9)10)18-7-8(6-17-18)13(15)19/h1-7H,14H2,(H2,15,19). The molecule has 94 valence electrons. The van der Waals surface area contributed by atoms with Crippen LogP contribution in [0, 0.1) is 0 Å². The third-order valence-electron chi connectivity index (χ3n) is 2.89. The number of carbonyl (C=O) groups excluding carboxylic acids is 1. The van der Waals surface area contributed by atoms with Crippen LogP contribution in [0.5, 0.6) is 0 Å². The van der Waals surface area contributed by atoms with Gasteiger partial charge in [0.2, 0.25) is 0 Å². The van der Waals surface area contributed by atoms with Crippen LogP contribution in [0.25, 0.3) is 16.6 Å². The van der Waals surface area contributed by atoms with Gasteiger partial charge in [0.1, 0.15) is 0 Å². The number of rotatable bonds is 2. The summed E-state index contributed by atoms with van der Waals surface area (Å²) >= 11 is 0. The third-order valence-corrected chi connectivity index (χ3v) is 2.89. The van der Waals surface area contributed by atoms with Crippen molar-refractivity contribution in [3.05, 3.63) is 48.4 Å². The van der Waals surface area contributed by atoms with E-state index in [0.717, 1.165) is 11.1 Å². The number of hydrogen-bond acceptors (Lipinski definition) is 4. The highest BCUT2D eigenvalue weighted by Crippen LogP contribution is 2.24. The van der Waals surface area contributed by atoms with Crippen molar-refractivity contribution in [2.45, 2.75) is 0 Å². The SMILES string of the molecule is NC(=O)c1cnn(-c2ccnc3c(N)cccc23)c1. The predicted molar refractivity (Wildman–Crippen MR) is 71.8 cm³/mol. The number of primary amides is 1. The van der Waals surface area contributed by atoms with Crippen LogP contribution < -0.4 is 11.5 Å². The zero-order valence-corrected chi connectivity index (χ0v) is 9.95. The van der Waals surface area contributed by atoms with E-state index in [1.807, 2.05) is 12.1 Å². The summed E-state index contributed by atoms with van der Waals surface area (Å²) in [6.07, 6.45) is 4.67. The van der Waals surface area contributed by atoms with Crippen LogP contribution in [0.3, 0.4) is 0 Å². The molecule has 0 aliphatic carbocycles. The number of nitrogen functional groups attached to an aromatic ring is 1. The molecular formula is C13H11N5O. The van der Waals surface area contributed by atoms with E-state index in [4.69, 9.17) is 11.5 Å². The van der Waals surface area contributed by atoms with Gasteiger partial charge in [0.25, 0.3) is 5.91 Å². The van der Waals surface area contributed by atoms with Gasteiger partial charge >= 0.3 is 0 Å². The van der Waals surface area contributed by atoms with Gasteiger partial charge in [-0.15, -0.1) is 0 Å². The predicted octanol–water partition coefficient (Wildman–Crippen LogP) is 1.10. The molecule has 0 bridgehead atoms. The van der Waals surface area contributed by atoms with Crippen molar-refractivity contribution in [2.75, 3.05) is 5.73 Å². The van der Waals surface area contributed by atoms with E-state index >= 15 is 0 Å². The molecular weight excluding hydrogens is 242 g/mol. The molecule has 0 saturated carbocycles. The van der Waals surface area contributed by atoms with Gasteiger partial charge in [-0.05, 0) is 12.1 Å². The Kier molecular flexibility index (Phi) is 2.42. The molecule has 0 radical (unpaired) electrons. The molecule has 2 heterocycles. The average Bonchev–Trinajstić information content (AvgIpc) is 2.88. The number of nitrogens with zero attached hydrogens (tertiary/aromatic N) is 3. The van der Waals surface area contributed by atoms with Crippen molar-refractivity contribution in [1.82, 2.24) is 14.8 Å². The number of aromatic nitrogens is 3. The zero-order chi connectivity index (χ0) is 13.4. The number of pyridine rings is 1. The van der Waals surface area contributed by atoms with E-state index in [1.165, 1.54) is 6.20 Å². The number of nitrogens with two attached hydrogens (primary N) is 2. The number of amides is 1. The highest BCUT2D eigenvalue weighted by atomic mass is 16.1. The molecule has 0 aliphatic heterocycles. The summed E-state index contributed by atoms with van der Waals surface area (Å²) in [5.74, 6) is -0.510. The summed E-state index contributed by atoms with van der Waals surface area (Å²) in [5, 5.41) is 5.00. The lowest BCUT2D eigenvalue weighted by molar-refractivity contribution is 0.100. The van der Waals surface area contributed by atoms with Crippen molar-refractivity contribution in [3.63, 3.8) is 0 Å². The lowest BCUT2D eigenvalue weighted by Crippen LogP contribution is -2.09. The highest BCUT2D eigenvalue weighted by molar-refractivity contribution is 5.95. The number of anilines is 1. The summed E-state index contributed by atoms with van der Waals surface area (Å²) in [5.41, 5.74) is 13.6. The first-order chi connectivity index (χ1) is 9.16. The topological polar surface area (TPSA) is 99.8 Å². The molecule has 0 aliphatic rings. The number of para-hydroxylation sites is 1. The average molecular weight is 253 g/mol. The molecule has 3 aromatic rings. The largest absolute Gasteiger partial charge is 0.397 e. The molecule has 6 heteroatoms. The molecule has 19 heavy (non-hydrogen) atoms. The zero-order valence-electron chi connectivity index (χ0n) is 9.95. The Balaban J connectivity index is 2.24. The normalized spacial score (nSPS) is 10.7. The fourth-order valence-corrected chi connectivity index (χ4v) is 1.97. The van der Waals surface area contributed by atoms with E-state index in [0.29, 0.717) is 16.8 Å². The number of fused-ring (bicyclic) bond motifs is 1. The van der Waals surface area contributed by atoms with E-state index in [2.05, 4.69) is 10.1 Å². The Morgan fingerprint density at radius 3 is 2.84 bits per heavy atom. The van der Waals surface area contributed by atoms with Crippen molar-refractivity contribution < 1.29 is 4.79 Å². The van der Waals surface area contributed by atoms with E-state index in [9.17, 15) is 4.79 Å². The maximum absolute atomic E-state index is 11.1. The minimum atomic E-state index is -0.510. The Morgan fingerprint density at radius 2 is 2.11 bits per heavy atom. The van der Waals surface area contributed by atoms with E-state index in [1.54, 1.807) is 29.2 Å². The van der Waals surface area contributed by atoms with Crippen LogP contribution in [0.15, 0.2) is 42.9 Å². The number of carbonyl (C=O) groups is 1. The van der Waals surface area contributed by atoms with Crippen LogP contribution in [-0.4, -0.2) is 20.7 Å². The molecule has 3 rings (SSSR count). The minimum absolute atomic E-state index is 0.355. The maximum Gasteiger partial charge on any atom is 0.251 e. The first-order valence-electron chi connectivity index (χ1n) is 5.65. The van der Waals surface area contributed by atoms with Crippen LogP contribution in [0.4, 0.5) is 5.69 Å². The fraction of sp³-hybridized carbons (Fsp3) is 0. The second-order valence-corrected chi connectivity index (χ2v) is 4.11. The monoisotopic (exact) mass is 253 g/mol. The van der Waals surface area contributed by atoms with Gasteiger partial charge in [0, 0.05) is 17.8 Å². The smallest absolute Gasteiger partial charge is 0.251 e. The molecule has 1 aromatic carbocycles. The van der Waals surface area contributed by atoms with Crippen LogP contribution >= 0.6 is 0 Å². The summed E-state index contributed by atoms with van der Waals surface area (Å²) < 4.78 is 1.59. The van der Waals surface area contributed by atoms with Gasteiger partial charge in [0.15, 0.2) is 0 Å². The number of benzene rings is 1. The lowest BCUT2D eigenvalue weighted by atomic mass is 10.1. The first kappa shape index (κ1) is 11.2. The van der Waals surface area contributed by atoms with Crippen molar-refractivity contribution in [1.29, 1.82) is 0 Å². The van der Waals surface area contributed by atoms with Gasteiger partial charge in [0.05, 0.1) is 28.7 Å². The minimum Gasteiger partial charge on any atom is -0.397 e. The van der Waals surface area contributed by atoms with Gasteiger partial charge in [-0.2, -0.15) is 5.10 Å². The van der Waals surface area contributed by atoms with Crippen molar-refractivity contribution in [3.8, 4) is 5.69 Å². The second kappa shape index (κ2) is 4.09. The quantitative estimate of drug-likeness (QED) is 0.668. The van der Waals surface area contributed by atoms with Crippen LogP contribution in [-0.2, 0) is 0 Å². The fourth-order valence-electron chi connectivity index (χ4n) is 1.97. The van der Waals surface area contributed by atoms with Crippen molar-refractivity contribution >= 4 is 22.5 Å². The molecule has 4 N–H and O–H groups in total. The molecule has 6 nitrogen and oxygen atoms in total. The summed E-state index contributed by atoms with van der Waals surface area (Å²) in [7, 11) is 0. The summed E-state index contributed by atoms with van der Waals surface area (Å²) in [6, 6.07) is 7.34. The Hall–Kier alpha value is -2.89. The Bertz CT molecular complexity index is 778. The molecule has 0 spiro atoms. The maximum atomic E-state index is 11.1. The van der Waals surface area contributed by atoms with Gasteiger partial charge in [-0.3, -0.25) is 9.78 Å². The lowest BCUT2D eigenvalue weighted by Gasteiger charge is -2.07. The van der Waals surface area contributed by atoms with E-state index in [-0.39, 0.29) is 0 Å². The molecule has 0 atom stereocenters. The van der Waals surface area contributed by atoms with Gasteiger partial charge in [-0.1, -0.05) is 12.1 Å². The molecule has 0 saturated heterocycles. The molecule has 0 unspecified atom stereocenters. The van der Waals surface area contributed by atoms with Gasteiger partial charge in [-0.25, -0.2) is 4.68 Å². The second-order valence-electron chi connectivity index (χ2n) is 4.11.